The number of nitrogens with zero attached hydrogens (tertiary/aromatic N) is 4. The van der Waals surface area contributed by atoms with E-state index >= 15 is 0 Å². The quantitative estimate of drug-likeness (QED) is 0.562. The molecule has 4 unspecified atom stereocenters. The lowest BCUT2D eigenvalue weighted by atomic mass is 9.81. The summed E-state index contributed by atoms with van der Waals surface area (Å²) in [6.45, 7) is 3.96. The summed E-state index contributed by atoms with van der Waals surface area (Å²) in [7, 11) is 0. The minimum absolute atomic E-state index is 0.00516. The lowest BCUT2D eigenvalue weighted by molar-refractivity contribution is -0.152. The van der Waals surface area contributed by atoms with Crippen LogP contribution in [0.15, 0.2) is 16.1 Å². The van der Waals surface area contributed by atoms with Gasteiger partial charge in [0.05, 0.1) is 12.1 Å². The molecule has 0 aromatic carbocycles. The van der Waals surface area contributed by atoms with Gasteiger partial charge in [-0.3, -0.25) is 14.5 Å². The highest BCUT2D eigenvalue weighted by Crippen LogP contribution is 2.45. The molecule has 0 aromatic rings. The Morgan fingerprint density at radius 3 is 2.59 bits per heavy atom. The van der Waals surface area contributed by atoms with Gasteiger partial charge in [-0.2, -0.15) is 0 Å². The molecule has 0 bridgehead atoms. The summed E-state index contributed by atoms with van der Waals surface area (Å²) in [4.78, 5) is 51.4. The van der Waals surface area contributed by atoms with Crippen LogP contribution in [0.1, 0.15) is 104 Å². The number of guanidine groups is 1. The second kappa shape index (κ2) is 9.73. The Morgan fingerprint density at radius 2 is 1.81 bits per heavy atom. The summed E-state index contributed by atoms with van der Waals surface area (Å²) in [6, 6.07) is -1.63. The summed E-state index contributed by atoms with van der Waals surface area (Å²) < 4.78 is 0. The van der Waals surface area contributed by atoms with Crippen LogP contribution in [0.4, 0.5) is 0 Å². The minimum Gasteiger partial charge on any atom is -0.480 e. The Bertz CT molecular complexity index is 1040. The highest BCUT2D eigenvalue weighted by molar-refractivity contribution is 6.09. The third kappa shape index (κ3) is 3.92. The van der Waals surface area contributed by atoms with Crippen molar-refractivity contribution in [3.05, 3.63) is 11.1 Å². The molecule has 202 valence electrons. The smallest absolute Gasteiger partial charge is 0.326 e. The number of fused-ring (bicyclic) bond motifs is 3. The van der Waals surface area contributed by atoms with Crippen LogP contribution in [-0.2, 0) is 14.4 Å². The van der Waals surface area contributed by atoms with Gasteiger partial charge in [0, 0.05) is 6.04 Å². The fourth-order valence-corrected chi connectivity index (χ4v) is 8.52. The summed E-state index contributed by atoms with van der Waals surface area (Å²) in [6.07, 6.45) is 13.7. The molecule has 0 spiro atoms. The molecule has 2 saturated heterocycles. The largest absolute Gasteiger partial charge is 0.480 e. The lowest BCUT2D eigenvalue weighted by Gasteiger charge is -2.42. The minimum atomic E-state index is -0.905. The number of aliphatic imine (C=N–C) groups is 1. The molecule has 0 radical (unpaired) electrons. The number of carboxylic acids is 1. The SMILES string of the molecule is CCCC1C(=O)N2C(=NC3CCCCC4=C3C2CCC4)N1[C@@H](C)C(=O)N1C(C(=O)O)C[C@@H]2CCCC[C@@H]21. The van der Waals surface area contributed by atoms with E-state index in [4.69, 9.17) is 4.99 Å². The average molecular weight is 511 g/mol. The Kier molecular flexibility index (Phi) is 6.56. The van der Waals surface area contributed by atoms with E-state index in [0.29, 0.717) is 18.8 Å². The van der Waals surface area contributed by atoms with Gasteiger partial charge in [0.15, 0.2) is 0 Å². The molecule has 1 N–H and O–H groups in total. The number of carbonyl (C=O) groups excluding carboxylic acids is 2. The van der Waals surface area contributed by atoms with Gasteiger partial charge in [-0.15, -0.1) is 0 Å². The van der Waals surface area contributed by atoms with Crippen LogP contribution >= 0.6 is 0 Å². The van der Waals surface area contributed by atoms with Crippen molar-refractivity contribution in [3.8, 4) is 0 Å². The molecule has 8 heteroatoms. The van der Waals surface area contributed by atoms with Gasteiger partial charge in [-0.05, 0) is 82.6 Å². The van der Waals surface area contributed by atoms with Gasteiger partial charge >= 0.3 is 5.97 Å². The van der Waals surface area contributed by atoms with E-state index in [1.165, 1.54) is 17.6 Å². The first-order chi connectivity index (χ1) is 17.9. The second-order valence-corrected chi connectivity index (χ2v) is 12.2. The van der Waals surface area contributed by atoms with Crippen molar-refractivity contribution in [1.82, 2.24) is 14.7 Å². The van der Waals surface area contributed by atoms with E-state index < -0.39 is 24.1 Å². The van der Waals surface area contributed by atoms with Gasteiger partial charge in [0.25, 0.3) is 5.91 Å². The predicted molar refractivity (Wildman–Crippen MR) is 140 cm³/mol. The van der Waals surface area contributed by atoms with Gasteiger partial charge in [0.1, 0.15) is 18.1 Å². The van der Waals surface area contributed by atoms with Crippen molar-refractivity contribution in [1.29, 1.82) is 0 Å². The molecule has 0 aromatic heterocycles. The highest BCUT2D eigenvalue weighted by Gasteiger charge is 2.55. The molecule has 7 atom stereocenters. The van der Waals surface area contributed by atoms with Crippen LogP contribution in [0.3, 0.4) is 0 Å². The lowest BCUT2D eigenvalue weighted by Crippen LogP contribution is -2.57. The standard InChI is InChI=1S/C29H42N4O4/c1-3-9-23-27(35)33-22-15-8-12-18-10-4-6-13-20(25(18)22)30-29(33)31(23)17(2)26(34)32-21-14-7-5-11-19(21)16-24(32)28(36)37/h17,19-24H,3-16H2,1-2H3,(H,36,37)/t17-,19-,20?,21-,22?,23?,24?/m0/s1. The van der Waals surface area contributed by atoms with Crippen molar-refractivity contribution in [3.63, 3.8) is 0 Å². The van der Waals surface area contributed by atoms with E-state index in [1.54, 1.807) is 4.90 Å². The molecule has 1 saturated carbocycles. The van der Waals surface area contributed by atoms with Gasteiger partial charge in [-0.25, -0.2) is 9.79 Å². The van der Waals surface area contributed by atoms with Crippen LogP contribution in [0.5, 0.6) is 0 Å². The summed E-state index contributed by atoms with van der Waals surface area (Å²) >= 11 is 0. The van der Waals surface area contributed by atoms with E-state index in [-0.39, 0.29) is 35.9 Å². The number of carbonyl (C=O) groups is 3. The van der Waals surface area contributed by atoms with Crippen LogP contribution in [0.2, 0.25) is 0 Å². The predicted octanol–water partition coefficient (Wildman–Crippen LogP) is 4.09. The molecule has 3 aliphatic carbocycles. The van der Waals surface area contributed by atoms with E-state index in [0.717, 1.165) is 70.6 Å². The van der Waals surface area contributed by atoms with Crippen molar-refractivity contribution >= 4 is 23.7 Å². The monoisotopic (exact) mass is 510 g/mol. The maximum Gasteiger partial charge on any atom is 0.326 e. The van der Waals surface area contributed by atoms with Gasteiger partial charge < -0.3 is 14.9 Å². The number of allylic oxidation sites excluding steroid dienone is 1. The number of aliphatic carboxylic acids is 1. The van der Waals surface area contributed by atoms with Crippen molar-refractivity contribution in [2.45, 2.75) is 140 Å². The Morgan fingerprint density at radius 1 is 1.05 bits per heavy atom. The average Bonchev–Trinajstić information content (AvgIpc) is 3.33. The first-order valence-corrected chi connectivity index (χ1v) is 14.9. The zero-order valence-electron chi connectivity index (χ0n) is 22.4. The van der Waals surface area contributed by atoms with E-state index in [2.05, 4.69) is 6.92 Å². The molecule has 6 rings (SSSR count). The Hall–Kier alpha value is -2.38. The topological polar surface area (TPSA) is 93.5 Å². The van der Waals surface area contributed by atoms with Crippen LogP contribution in [-0.4, -0.2) is 79.8 Å². The Balaban J connectivity index is 1.38. The molecule has 3 heterocycles. The summed E-state index contributed by atoms with van der Waals surface area (Å²) in [5, 5.41) is 10.0. The van der Waals surface area contributed by atoms with Crippen LogP contribution in [0.25, 0.3) is 0 Å². The van der Waals surface area contributed by atoms with E-state index in [1.807, 2.05) is 16.7 Å². The normalized spacial score (nSPS) is 36.0. The van der Waals surface area contributed by atoms with Gasteiger partial charge in [0.2, 0.25) is 11.9 Å². The summed E-state index contributed by atoms with van der Waals surface area (Å²) in [5.74, 6) is -0.0321. The number of carboxylic acid groups (broad SMARTS) is 1. The molecule has 8 nitrogen and oxygen atoms in total. The zero-order chi connectivity index (χ0) is 25.8. The molecular formula is C29H42N4O4. The molecule has 2 amide bonds. The van der Waals surface area contributed by atoms with Crippen LogP contribution in [0, 0.1) is 5.92 Å². The molecule has 6 aliphatic rings. The highest BCUT2D eigenvalue weighted by atomic mass is 16.4. The van der Waals surface area contributed by atoms with Crippen molar-refractivity contribution in [2.24, 2.45) is 10.9 Å². The first kappa shape index (κ1) is 24.9. The number of amides is 2. The first-order valence-electron chi connectivity index (χ1n) is 14.9. The third-order valence-electron chi connectivity index (χ3n) is 10.1. The Labute approximate surface area is 220 Å². The van der Waals surface area contributed by atoms with Crippen molar-refractivity contribution < 1.29 is 19.5 Å². The maximum absolute atomic E-state index is 14.2. The summed E-state index contributed by atoms with van der Waals surface area (Å²) in [5.41, 5.74) is 2.92. The third-order valence-corrected chi connectivity index (χ3v) is 10.1. The second-order valence-electron chi connectivity index (χ2n) is 12.2. The van der Waals surface area contributed by atoms with Crippen LogP contribution < -0.4 is 0 Å². The number of likely N-dealkylation sites (tertiary alicyclic amines) is 1. The molecule has 3 aliphatic heterocycles. The molecular weight excluding hydrogens is 468 g/mol. The number of hydrogen-bond acceptors (Lipinski definition) is 5. The molecule has 37 heavy (non-hydrogen) atoms. The van der Waals surface area contributed by atoms with Gasteiger partial charge in [-0.1, -0.05) is 38.2 Å². The fraction of sp³-hybridized carbons (Fsp3) is 0.793. The van der Waals surface area contributed by atoms with E-state index in [9.17, 15) is 19.5 Å². The van der Waals surface area contributed by atoms with Crippen molar-refractivity contribution in [2.75, 3.05) is 0 Å². The molecule has 3 fully saturated rings. The number of rotatable bonds is 5. The maximum atomic E-state index is 14.2. The number of hydrogen-bond donors (Lipinski definition) is 1. The fourth-order valence-electron chi connectivity index (χ4n) is 8.52. The zero-order valence-corrected chi connectivity index (χ0v) is 22.4.